The second-order valence-corrected chi connectivity index (χ2v) is 4.48. The Kier molecular flexibility index (Phi) is 6.50. The Labute approximate surface area is 126 Å². The number of hydrogen-bond donors (Lipinski definition) is 0. The zero-order chi connectivity index (χ0) is 16.1. The molecule has 0 aliphatic rings. The van der Waals surface area contributed by atoms with E-state index in [1.807, 2.05) is 0 Å². The summed E-state index contributed by atoms with van der Waals surface area (Å²) in [7, 11) is -6.90. The fourth-order valence-corrected chi connectivity index (χ4v) is 1.22. The van der Waals surface area contributed by atoms with Crippen molar-refractivity contribution in [1.82, 2.24) is 0 Å². The smallest absolute Gasteiger partial charge is 0.746 e. The van der Waals surface area contributed by atoms with Gasteiger partial charge in [-0.3, -0.25) is 0 Å². The molecule has 0 aromatic carbocycles. The summed E-state index contributed by atoms with van der Waals surface area (Å²) in [6.45, 7) is 0. The van der Waals surface area contributed by atoms with Crippen LogP contribution in [0.25, 0.3) is 0 Å². The van der Waals surface area contributed by atoms with Gasteiger partial charge in [-0.05, 0) is 0 Å². The quantitative estimate of drug-likeness (QED) is 0.381. The van der Waals surface area contributed by atoms with Crippen molar-refractivity contribution >= 4 is 10.1 Å². The summed E-state index contributed by atoms with van der Waals surface area (Å²) < 4.78 is 150. The largest absolute Gasteiger partial charge is 1.00 e. The predicted molar refractivity (Wildman–Crippen MR) is 35.5 cm³/mol. The van der Waals surface area contributed by atoms with Gasteiger partial charge >= 0.3 is 53.5 Å². The summed E-state index contributed by atoms with van der Waals surface area (Å²) in [6.07, 6.45) is -7.23. The molecule has 0 N–H and O–H groups in total. The molecule has 1 atom stereocenters. The van der Waals surface area contributed by atoms with Gasteiger partial charge < -0.3 is 4.55 Å². The zero-order valence-electron chi connectivity index (χ0n) is 8.99. The van der Waals surface area contributed by atoms with E-state index in [4.69, 9.17) is 0 Å². The van der Waals surface area contributed by atoms with E-state index in [2.05, 4.69) is 0 Å². The molecule has 0 saturated carbocycles. The van der Waals surface area contributed by atoms with E-state index >= 15 is 0 Å². The van der Waals surface area contributed by atoms with Gasteiger partial charge in [0.15, 0.2) is 0 Å². The van der Waals surface area contributed by atoms with Gasteiger partial charge in [0.1, 0.15) is 10.1 Å². The van der Waals surface area contributed by atoms with Gasteiger partial charge in [-0.25, -0.2) is 12.8 Å². The first kappa shape index (κ1) is 22.5. The molecule has 116 valence electrons. The monoisotopic (exact) mass is 354 g/mol. The summed E-state index contributed by atoms with van der Waals surface area (Å²) in [6, 6.07) is 0. The Morgan fingerprint density at radius 3 is 1.30 bits per heavy atom. The molecule has 1 unspecified atom stereocenters. The normalized spacial score (nSPS) is 16.6. The average molecular weight is 354 g/mol. The molecule has 0 fully saturated rings. The van der Waals surface area contributed by atoms with E-state index in [1.165, 1.54) is 0 Å². The Hall–Kier alpha value is 0.210. The van der Waals surface area contributed by atoms with E-state index in [0.717, 1.165) is 0 Å². The van der Waals surface area contributed by atoms with Gasteiger partial charge in [-0.15, -0.1) is 0 Å². The molecule has 0 amide bonds. The van der Waals surface area contributed by atoms with Crippen molar-refractivity contribution in [2.45, 2.75) is 29.4 Å². The van der Waals surface area contributed by atoms with Crippen LogP contribution >= 0.6 is 0 Å². The van der Waals surface area contributed by atoms with Gasteiger partial charge in [-0.1, -0.05) is 0 Å². The van der Waals surface area contributed by atoms with Crippen molar-refractivity contribution < 1.29 is 86.4 Å². The van der Waals surface area contributed by atoms with E-state index in [0.29, 0.717) is 0 Å². The average Bonchev–Trinajstić information content (AvgIpc) is 2.12. The minimum absolute atomic E-state index is 0. The van der Waals surface area contributed by atoms with E-state index in [1.54, 1.807) is 0 Å². The molecule has 0 bridgehead atoms. The minimum Gasteiger partial charge on any atom is -0.746 e. The molecule has 0 radical (unpaired) electrons. The topological polar surface area (TPSA) is 57.2 Å². The molecule has 0 aliphatic carbocycles. The van der Waals surface area contributed by atoms with Crippen molar-refractivity contribution in [3.63, 3.8) is 0 Å². The number of halogens is 10. The Morgan fingerprint density at radius 2 is 1.10 bits per heavy atom. The second kappa shape index (κ2) is 5.78. The molecular formula is C5HF10NaO3S. The maximum Gasteiger partial charge on any atom is 1.00 e. The van der Waals surface area contributed by atoms with Crippen LogP contribution < -0.4 is 29.6 Å². The van der Waals surface area contributed by atoms with Crippen LogP contribution in [-0.4, -0.2) is 42.4 Å². The van der Waals surface area contributed by atoms with Gasteiger partial charge in [-0.2, -0.15) is 39.5 Å². The van der Waals surface area contributed by atoms with Crippen LogP contribution in [-0.2, 0) is 10.1 Å². The van der Waals surface area contributed by atoms with Crippen LogP contribution in [0.2, 0.25) is 0 Å². The summed E-state index contributed by atoms with van der Waals surface area (Å²) in [5.74, 6) is -22.0. The van der Waals surface area contributed by atoms with Crippen LogP contribution in [0, 0.1) is 0 Å². The van der Waals surface area contributed by atoms with E-state index in [-0.39, 0.29) is 29.6 Å². The van der Waals surface area contributed by atoms with Gasteiger partial charge in [0, 0.05) is 0 Å². The Morgan fingerprint density at radius 1 is 0.800 bits per heavy atom. The van der Waals surface area contributed by atoms with Crippen molar-refractivity contribution in [1.29, 1.82) is 0 Å². The number of rotatable bonds is 4. The molecule has 15 heteroatoms. The molecule has 0 aromatic heterocycles. The van der Waals surface area contributed by atoms with Crippen LogP contribution in [0.1, 0.15) is 0 Å². The molecule has 0 saturated heterocycles. The molecule has 0 aliphatic heterocycles. The van der Waals surface area contributed by atoms with Crippen LogP contribution in [0.5, 0.6) is 0 Å². The van der Waals surface area contributed by atoms with Crippen LogP contribution in [0.15, 0.2) is 0 Å². The fourth-order valence-electron chi connectivity index (χ4n) is 0.711. The first-order valence-corrected chi connectivity index (χ1v) is 5.16. The Balaban J connectivity index is 0. The maximum absolute atomic E-state index is 12.4. The third-order valence-corrected chi connectivity index (χ3v) is 2.51. The molecule has 0 aromatic rings. The van der Waals surface area contributed by atoms with Crippen molar-refractivity contribution in [3.05, 3.63) is 0 Å². The first-order valence-electron chi connectivity index (χ1n) is 3.69. The van der Waals surface area contributed by atoms with E-state index < -0.39 is 39.6 Å². The molecule has 0 heterocycles. The van der Waals surface area contributed by atoms with Crippen molar-refractivity contribution in [3.8, 4) is 0 Å². The third kappa shape index (κ3) is 3.51. The summed E-state index contributed by atoms with van der Waals surface area (Å²) in [5.41, 5.74) is -5.48. The number of hydrogen-bond acceptors (Lipinski definition) is 3. The van der Waals surface area contributed by atoms with Crippen LogP contribution in [0.3, 0.4) is 0 Å². The molecule has 3 nitrogen and oxygen atoms in total. The van der Waals surface area contributed by atoms with Gasteiger partial charge in [0.05, 0.1) is 0 Å². The summed E-state index contributed by atoms with van der Waals surface area (Å²) in [5, 5.41) is 0. The van der Waals surface area contributed by atoms with Crippen molar-refractivity contribution in [2.24, 2.45) is 0 Å². The minimum atomic E-state index is -7.49. The number of alkyl halides is 10. The van der Waals surface area contributed by atoms with Gasteiger partial charge in [0.2, 0.25) is 0 Å². The fraction of sp³-hybridized carbons (Fsp3) is 1.00. The summed E-state index contributed by atoms with van der Waals surface area (Å²) >= 11 is 0. The van der Waals surface area contributed by atoms with Crippen molar-refractivity contribution in [2.75, 3.05) is 0 Å². The third-order valence-electron chi connectivity index (χ3n) is 1.71. The zero-order valence-corrected chi connectivity index (χ0v) is 11.8. The predicted octanol–water partition coefficient (Wildman–Crippen LogP) is -0.701. The Bertz CT molecular complexity index is 442. The van der Waals surface area contributed by atoms with Gasteiger partial charge in [0.25, 0.3) is 5.50 Å². The van der Waals surface area contributed by atoms with Crippen LogP contribution in [0.4, 0.5) is 43.9 Å². The SMILES string of the molecule is O=S(=O)([O-])C(F)C(F)(F)C(F)(F)C(F)(F)C(F)(F)F.[Na+]. The first-order chi connectivity index (χ1) is 7.90. The van der Waals surface area contributed by atoms with E-state index in [9.17, 15) is 56.9 Å². The molecule has 20 heavy (non-hydrogen) atoms. The summed E-state index contributed by atoms with van der Waals surface area (Å²) in [4.78, 5) is 0. The maximum atomic E-state index is 12.4. The molecule has 0 spiro atoms. The standard InChI is InChI=1S/C5H2F10O3S.Na/c6-1(19(16,17)18)2(7,8)3(9,10)4(11,12)5(13,14)15;/h1H,(H,16,17,18);/q;+1/p-1. The second-order valence-electron chi connectivity index (χ2n) is 3.08. The molecular weight excluding hydrogens is 353 g/mol. The molecule has 0 rings (SSSR count).